The molecule has 0 unspecified atom stereocenters. The SMILES string of the molecule is CS(=O)(=O)c1ccc(C(=O)Cc2ccc(Br)s2)cc1. The second-order valence-corrected chi connectivity index (χ2v) is 8.67. The molecule has 0 aliphatic heterocycles. The number of rotatable bonds is 4. The van der Waals surface area contributed by atoms with Crippen LogP contribution in [0.4, 0.5) is 0 Å². The number of sulfone groups is 1. The van der Waals surface area contributed by atoms with E-state index in [1.807, 2.05) is 12.1 Å². The van der Waals surface area contributed by atoms with E-state index in [9.17, 15) is 13.2 Å². The Kier molecular flexibility index (Phi) is 4.23. The fourth-order valence-corrected chi connectivity index (χ4v) is 3.71. The van der Waals surface area contributed by atoms with Crippen LogP contribution in [0, 0.1) is 0 Å². The second kappa shape index (κ2) is 5.56. The lowest BCUT2D eigenvalue weighted by atomic mass is 10.1. The molecule has 19 heavy (non-hydrogen) atoms. The Morgan fingerprint density at radius 3 is 2.26 bits per heavy atom. The predicted octanol–water partition coefficient (Wildman–Crippen LogP) is 3.34. The monoisotopic (exact) mass is 358 g/mol. The van der Waals surface area contributed by atoms with Crippen LogP contribution in [0.25, 0.3) is 0 Å². The lowest BCUT2D eigenvalue weighted by molar-refractivity contribution is 0.0993. The second-order valence-electron chi connectivity index (χ2n) is 4.10. The Bertz CT molecular complexity index is 700. The van der Waals surface area contributed by atoms with Crippen molar-refractivity contribution in [3.8, 4) is 0 Å². The fourth-order valence-electron chi connectivity index (χ4n) is 1.60. The zero-order chi connectivity index (χ0) is 14.0. The topological polar surface area (TPSA) is 51.2 Å². The molecule has 1 aromatic heterocycles. The molecule has 100 valence electrons. The van der Waals surface area contributed by atoms with Gasteiger partial charge in [-0.1, -0.05) is 12.1 Å². The van der Waals surface area contributed by atoms with Crippen molar-refractivity contribution < 1.29 is 13.2 Å². The van der Waals surface area contributed by atoms with E-state index in [4.69, 9.17) is 0 Å². The van der Waals surface area contributed by atoms with E-state index in [-0.39, 0.29) is 10.7 Å². The van der Waals surface area contributed by atoms with Crippen LogP contribution >= 0.6 is 27.3 Å². The number of ketones is 1. The van der Waals surface area contributed by atoms with Crippen LogP contribution in [0.5, 0.6) is 0 Å². The van der Waals surface area contributed by atoms with Crippen molar-refractivity contribution in [2.45, 2.75) is 11.3 Å². The number of hydrogen-bond donors (Lipinski definition) is 0. The molecular weight excluding hydrogens is 348 g/mol. The summed E-state index contributed by atoms with van der Waals surface area (Å²) in [4.78, 5) is 13.2. The van der Waals surface area contributed by atoms with Gasteiger partial charge in [0.2, 0.25) is 0 Å². The highest BCUT2D eigenvalue weighted by molar-refractivity contribution is 9.11. The maximum absolute atomic E-state index is 12.0. The van der Waals surface area contributed by atoms with E-state index in [0.29, 0.717) is 12.0 Å². The zero-order valence-corrected chi connectivity index (χ0v) is 13.3. The molecule has 3 nitrogen and oxygen atoms in total. The van der Waals surface area contributed by atoms with Gasteiger partial charge in [0.25, 0.3) is 0 Å². The number of thiophene rings is 1. The summed E-state index contributed by atoms with van der Waals surface area (Å²) >= 11 is 4.87. The molecule has 0 saturated carbocycles. The van der Waals surface area contributed by atoms with Crippen LogP contribution in [0.3, 0.4) is 0 Å². The fraction of sp³-hybridized carbons (Fsp3) is 0.154. The summed E-state index contributed by atoms with van der Waals surface area (Å²) in [5, 5.41) is 0. The third-order valence-corrected chi connectivity index (χ3v) is 5.32. The largest absolute Gasteiger partial charge is 0.294 e. The van der Waals surface area contributed by atoms with Gasteiger partial charge >= 0.3 is 0 Å². The molecule has 0 aliphatic rings. The lowest BCUT2D eigenvalue weighted by Crippen LogP contribution is -2.03. The van der Waals surface area contributed by atoms with Crippen molar-refractivity contribution in [3.63, 3.8) is 0 Å². The van der Waals surface area contributed by atoms with Crippen LogP contribution in [0.2, 0.25) is 0 Å². The Labute approximate surface area is 124 Å². The van der Waals surface area contributed by atoms with Gasteiger partial charge in [0.15, 0.2) is 15.6 Å². The molecule has 0 fully saturated rings. The first-order valence-electron chi connectivity index (χ1n) is 5.44. The summed E-state index contributed by atoms with van der Waals surface area (Å²) in [6.45, 7) is 0. The minimum atomic E-state index is -3.22. The first kappa shape index (κ1) is 14.4. The summed E-state index contributed by atoms with van der Waals surface area (Å²) in [6.07, 6.45) is 1.47. The predicted molar refractivity (Wildman–Crippen MR) is 79.6 cm³/mol. The van der Waals surface area contributed by atoms with Crippen molar-refractivity contribution in [2.75, 3.05) is 6.26 Å². The maximum atomic E-state index is 12.0. The van der Waals surface area contributed by atoms with Gasteiger partial charge in [0.1, 0.15) is 0 Å². The molecule has 6 heteroatoms. The molecule has 1 aromatic carbocycles. The van der Waals surface area contributed by atoms with Gasteiger partial charge in [-0.2, -0.15) is 0 Å². The normalized spacial score (nSPS) is 11.5. The highest BCUT2D eigenvalue weighted by Crippen LogP contribution is 2.23. The highest BCUT2D eigenvalue weighted by Gasteiger charge is 2.11. The third-order valence-electron chi connectivity index (χ3n) is 2.57. The van der Waals surface area contributed by atoms with Crippen LogP contribution in [0.15, 0.2) is 45.1 Å². The van der Waals surface area contributed by atoms with E-state index in [2.05, 4.69) is 15.9 Å². The van der Waals surface area contributed by atoms with Gasteiger partial charge in [0, 0.05) is 23.1 Å². The Morgan fingerprint density at radius 1 is 1.16 bits per heavy atom. The lowest BCUT2D eigenvalue weighted by Gasteiger charge is -2.01. The highest BCUT2D eigenvalue weighted by atomic mass is 79.9. The van der Waals surface area contributed by atoms with Crippen molar-refractivity contribution in [1.29, 1.82) is 0 Å². The smallest absolute Gasteiger partial charge is 0.175 e. The number of halogens is 1. The minimum Gasteiger partial charge on any atom is -0.294 e. The van der Waals surface area contributed by atoms with Crippen LogP contribution in [0.1, 0.15) is 15.2 Å². The minimum absolute atomic E-state index is 0.0191. The van der Waals surface area contributed by atoms with Gasteiger partial charge in [0.05, 0.1) is 8.68 Å². The van der Waals surface area contributed by atoms with E-state index in [1.54, 1.807) is 12.1 Å². The quantitative estimate of drug-likeness (QED) is 0.787. The van der Waals surface area contributed by atoms with Crippen LogP contribution < -0.4 is 0 Å². The molecule has 0 amide bonds. The van der Waals surface area contributed by atoms with Crippen LogP contribution in [-0.2, 0) is 16.3 Å². The first-order valence-corrected chi connectivity index (χ1v) is 8.94. The molecule has 0 saturated heterocycles. The summed E-state index contributed by atoms with van der Waals surface area (Å²) < 4.78 is 23.6. The molecule has 2 aromatic rings. The average Bonchev–Trinajstić information content (AvgIpc) is 2.74. The van der Waals surface area contributed by atoms with E-state index < -0.39 is 9.84 Å². The average molecular weight is 359 g/mol. The van der Waals surface area contributed by atoms with Crippen molar-refractivity contribution in [1.82, 2.24) is 0 Å². The molecular formula is C13H11BrO3S2. The van der Waals surface area contributed by atoms with Gasteiger partial charge in [-0.15, -0.1) is 11.3 Å². The molecule has 2 rings (SSSR count). The van der Waals surface area contributed by atoms with Gasteiger partial charge < -0.3 is 0 Å². The van der Waals surface area contributed by atoms with Gasteiger partial charge in [-0.3, -0.25) is 4.79 Å². The van der Waals surface area contributed by atoms with Gasteiger partial charge in [-0.25, -0.2) is 8.42 Å². The molecule has 1 heterocycles. The molecule has 0 bridgehead atoms. The van der Waals surface area contributed by atoms with E-state index >= 15 is 0 Å². The summed E-state index contributed by atoms with van der Waals surface area (Å²) in [5.41, 5.74) is 0.525. The molecule has 0 aliphatic carbocycles. The molecule has 0 N–H and O–H groups in total. The number of benzene rings is 1. The van der Waals surface area contributed by atoms with E-state index in [1.165, 1.54) is 23.5 Å². The number of carbonyl (C=O) groups is 1. The number of carbonyl (C=O) groups excluding carboxylic acids is 1. The number of hydrogen-bond acceptors (Lipinski definition) is 4. The Morgan fingerprint density at radius 2 is 1.79 bits per heavy atom. The van der Waals surface area contributed by atoms with Gasteiger partial charge in [-0.05, 0) is 40.2 Å². The summed E-state index contributed by atoms with van der Waals surface area (Å²) in [7, 11) is -3.22. The third kappa shape index (κ3) is 3.75. The van der Waals surface area contributed by atoms with Crippen molar-refractivity contribution >= 4 is 42.9 Å². The molecule has 0 spiro atoms. The van der Waals surface area contributed by atoms with Crippen molar-refractivity contribution in [3.05, 3.63) is 50.6 Å². The Balaban J connectivity index is 2.16. The summed E-state index contributed by atoms with van der Waals surface area (Å²) in [6, 6.07) is 9.85. The summed E-state index contributed by atoms with van der Waals surface area (Å²) in [5.74, 6) is -0.0191. The van der Waals surface area contributed by atoms with Crippen molar-refractivity contribution in [2.24, 2.45) is 0 Å². The molecule has 0 radical (unpaired) electrons. The molecule has 0 atom stereocenters. The zero-order valence-electron chi connectivity index (χ0n) is 10.1. The maximum Gasteiger partial charge on any atom is 0.175 e. The van der Waals surface area contributed by atoms with E-state index in [0.717, 1.165) is 14.9 Å². The van der Waals surface area contributed by atoms with Crippen LogP contribution in [-0.4, -0.2) is 20.5 Å². The standard InChI is InChI=1S/C13H11BrO3S2/c1-19(16,17)11-5-2-9(3-6-11)12(15)8-10-4-7-13(14)18-10/h2-7H,8H2,1H3. The Hall–Kier alpha value is -0.980. The number of Topliss-reactive ketones (excluding diaryl/α,β-unsaturated/α-hetero) is 1. The first-order chi connectivity index (χ1) is 8.86.